The lowest BCUT2D eigenvalue weighted by Crippen LogP contribution is -2.42. The molecule has 5 N–H and O–H groups in total. The van der Waals surface area contributed by atoms with Crippen LogP contribution in [0, 0.1) is 0 Å². The Kier molecular flexibility index (Phi) is 5.86. The lowest BCUT2D eigenvalue weighted by atomic mass is 10.5. The van der Waals surface area contributed by atoms with Gasteiger partial charge in [0.1, 0.15) is 0 Å². The average Bonchev–Trinajstić information content (AvgIpc) is 1.80. The molecule has 0 atom stereocenters. The van der Waals surface area contributed by atoms with Gasteiger partial charge in [-0.25, -0.2) is 0 Å². The van der Waals surface area contributed by atoms with Crippen LogP contribution in [0.2, 0.25) is 0 Å². The highest BCUT2D eigenvalue weighted by atomic mass is 15.6. The van der Waals surface area contributed by atoms with Gasteiger partial charge in [-0.3, -0.25) is 11.7 Å². The second kappa shape index (κ2) is 5.97. The van der Waals surface area contributed by atoms with Crippen molar-refractivity contribution in [3.63, 3.8) is 0 Å². The Hall–Kier alpha value is -0.160. The van der Waals surface area contributed by atoms with Crippen molar-refractivity contribution in [2.45, 2.75) is 13.3 Å². The van der Waals surface area contributed by atoms with E-state index in [1.165, 1.54) is 5.12 Å². The van der Waals surface area contributed by atoms with Crippen molar-refractivity contribution in [1.82, 2.24) is 10.4 Å². The molecule has 0 unspecified atom stereocenters. The van der Waals surface area contributed by atoms with Crippen LogP contribution < -0.4 is 17.0 Å². The zero-order valence-electron chi connectivity index (χ0n) is 5.93. The minimum atomic E-state index is 0.694. The van der Waals surface area contributed by atoms with Crippen molar-refractivity contribution in [3.05, 3.63) is 0 Å². The molecule has 9 heavy (non-hydrogen) atoms. The topological polar surface area (TPSA) is 67.3 Å². The van der Waals surface area contributed by atoms with Crippen molar-refractivity contribution in [1.29, 1.82) is 0 Å². The summed E-state index contributed by atoms with van der Waals surface area (Å²) in [6, 6.07) is 0. The van der Waals surface area contributed by atoms with E-state index in [1.54, 1.807) is 0 Å². The van der Waals surface area contributed by atoms with Crippen molar-refractivity contribution in [3.8, 4) is 0 Å². The molecule has 0 spiro atoms. The Bertz CT molecular complexity index is 54.9. The third kappa shape index (κ3) is 7.84. The maximum absolute atomic E-state index is 5.15. The first-order chi connectivity index (χ1) is 4.27. The van der Waals surface area contributed by atoms with Crippen molar-refractivity contribution in [2.24, 2.45) is 11.7 Å². The molecule has 56 valence electrons. The minimum absolute atomic E-state index is 0.694. The quantitative estimate of drug-likeness (QED) is 0.256. The molecular formula is C5H16N4. The summed E-state index contributed by atoms with van der Waals surface area (Å²) in [6.45, 7) is 4.71. The van der Waals surface area contributed by atoms with Crippen LogP contribution in [0.3, 0.4) is 0 Å². The lowest BCUT2D eigenvalue weighted by molar-refractivity contribution is 0.293. The first-order valence-corrected chi connectivity index (χ1v) is 3.25. The molecule has 0 rings (SSSR count). The van der Waals surface area contributed by atoms with E-state index in [-0.39, 0.29) is 0 Å². The van der Waals surface area contributed by atoms with Gasteiger partial charge in [-0.05, 0) is 13.0 Å². The third-order valence-electron chi connectivity index (χ3n) is 0.974. The summed E-state index contributed by atoms with van der Waals surface area (Å²) >= 11 is 0. The van der Waals surface area contributed by atoms with E-state index in [0.29, 0.717) is 6.54 Å². The van der Waals surface area contributed by atoms with Gasteiger partial charge in [-0.1, -0.05) is 6.92 Å². The highest BCUT2D eigenvalue weighted by Crippen LogP contribution is 1.68. The van der Waals surface area contributed by atoms with Crippen molar-refractivity contribution < 1.29 is 0 Å². The zero-order chi connectivity index (χ0) is 7.11. The van der Waals surface area contributed by atoms with E-state index < -0.39 is 0 Å². The van der Waals surface area contributed by atoms with Gasteiger partial charge in [0.15, 0.2) is 0 Å². The Morgan fingerprint density at radius 2 is 2.00 bits per heavy atom. The molecular weight excluding hydrogens is 116 g/mol. The monoisotopic (exact) mass is 132 g/mol. The normalized spacial score (nSPS) is 10.7. The standard InChI is InChI=1S/C5H16N4/c1-2-3-8-4-5-9(6)7/h8H,2-7H2,1H3. The van der Waals surface area contributed by atoms with Gasteiger partial charge in [0.25, 0.3) is 0 Å². The first-order valence-electron chi connectivity index (χ1n) is 3.25. The predicted octanol–water partition coefficient (Wildman–Crippen LogP) is -0.965. The van der Waals surface area contributed by atoms with E-state index in [2.05, 4.69) is 12.2 Å². The molecule has 0 aliphatic rings. The van der Waals surface area contributed by atoms with E-state index in [9.17, 15) is 0 Å². The fraction of sp³-hybridized carbons (Fsp3) is 1.00. The fourth-order valence-corrected chi connectivity index (χ4v) is 0.510. The number of nitrogens with zero attached hydrogens (tertiary/aromatic N) is 1. The van der Waals surface area contributed by atoms with Gasteiger partial charge in [0.05, 0.1) is 0 Å². The molecule has 0 amide bonds. The largest absolute Gasteiger partial charge is 0.315 e. The second-order valence-corrected chi connectivity index (χ2v) is 1.99. The lowest BCUT2D eigenvalue weighted by Gasteiger charge is -2.08. The average molecular weight is 132 g/mol. The van der Waals surface area contributed by atoms with Crippen LogP contribution in [0.4, 0.5) is 0 Å². The molecule has 4 heteroatoms. The van der Waals surface area contributed by atoms with Crippen LogP contribution in [0.15, 0.2) is 0 Å². The van der Waals surface area contributed by atoms with Crippen LogP contribution in [0.25, 0.3) is 0 Å². The second-order valence-electron chi connectivity index (χ2n) is 1.99. The molecule has 0 aliphatic carbocycles. The van der Waals surface area contributed by atoms with E-state index >= 15 is 0 Å². The molecule has 0 fully saturated rings. The number of hydrazine groups is 2. The van der Waals surface area contributed by atoms with Gasteiger partial charge >= 0.3 is 0 Å². The molecule has 0 aromatic heterocycles. The highest BCUT2D eigenvalue weighted by molar-refractivity contribution is 4.45. The van der Waals surface area contributed by atoms with Gasteiger partial charge in [-0.2, -0.15) is 5.12 Å². The SMILES string of the molecule is CCCNCCN(N)N. The van der Waals surface area contributed by atoms with E-state index in [0.717, 1.165) is 19.5 Å². The number of nitrogens with two attached hydrogens (primary N) is 2. The predicted molar refractivity (Wildman–Crippen MR) is 38.2 cm³/mol. The zero-order valence-corrected chi connectivity index (χ0v) is 5.93. The van der Waals surface area contributed by atoms with Gasteiger partial charge in [0, 0.05) is 13.1 Å². The van der Waals surface area contributed by atoms with Crippen LogP contribution in [0.1, 0.15) is 13.3 Å². The van der Waals surface area contributed by atoms with Crippen LogP contribution >= 0.6 is 0 Å². The first kappa shape index (κ1) is 8.84. The summed E-state index contributed by atoms with van der Waals surface area (Å²) in [7, 11) is 0. The fourth-order valence-electron chi connectivity index (χ4n) is 0.510. The molecule has 0 heterocycles. The van der Waals surface area contributed by atoms with Gasteiger partial charge < -0.3 is 5.32 Å². The Morgan fingerprint density at radius 3 is 2.44 bits per heavy atom. The summed E-state index contributed by atoms with van der Waals surface area (Å²) in [5, 5.41) is 4.35. The van der Waals surface area contributed by atoms with Crippen molar-refractivity contribution >= 4 is 0 Å². The molecule has 0 radical (unpaired) electrons. The molecule has 0 aromatic rings. The maximum Gasteiger partial charge on any atom is 0.0408 e. The molecule has 0 bridgehead atoms. The molecule has 4 nitrogen and oxygen atoms in total. The van der Waals surface area contributed by atoms with Crippen LogP contribution in [0.5, 0.6) is 0 Å². The summed E-state index contributed by atoms with van der Waals surface area (Å²) in [4.78, 5) is 0. The molecule has 0 saturated carbocycles. The summed E-state index contributed by atoms with van der Waals surface area (Å²) in [5.74, 6) is 10.3. The molecule has 0 saturated heterocycles. The van der Waals surface area contributed by atoms with Crippen molar-refractivity contribution in [2.75, 3.05) is 19.6 Å². The Morgan fingerprint density at radius 1 is 1.33 bits per heavy atom. The Balaban J connectivity index is 2.75. The smallest absolute Gasteiger partial charge is 0.0408 e. The number of hydrogen-bond donors (Lipinski definition) is 3. The summed E-state index contributed by atoms with van der Waals surface area (Å²) < 4.78 is 0. The number of rotatable bonds is 5. The molecule has 0 aliphatic heterocycles. The summed E-state index contributed by atoms with van der Waals surface area (Å²) in [6.07, 6.45) is 1.15. The van der Waals surface area contributed by atoms with Gasteiger partial charge in [0.2, 0.25) is 0 Å². The minimum Gasteiger partial charge on any atom is -0.315 e. The van der Waals surface area contributed by atoms with Crippen LogP contribution in [-0.2, 0) is 0 Å². The highest BCUT2D eigenvalue weighted by Gasteiger charge is 1.87. The van der Waals surface area contributed by atoms with E-state index in [1.807, 2.05) is 0 Å². The Labute approximate surface area is 56.1 Å². The summed E-state index contributed by atoms with van der Waals surface area (Å²) in [5.41, 5.74) is 0. The number of hydrogen-bond acceptors (Lipinski definition) is 4. The van der Waals surface area contributed by atoms with Gasteiger partial charge in [-0.15, -0.1) is 0 Å². The maximum atomic E-state index is 5.15. The van der Waals surface area contributed by atoms with Crippen LogP contribution in [-0.4, -0.2) is 24.8 Å². The van der Waals surface area contributed by atoms with E-state index in [4.69, 9.17) is 11.7 Å². The number of nitrogens with one attached hydrogen (secondary N) is 1. The molecule has 0 aromatic carbocycles. The third-order valence-corrected chi connectivity index (χ3v) is 0.974.